The molecule has 0 fully saturated rings. The first-order valence-electron chi connectivity index (χ1n) is 7.34. The Hall–Kier alpha value is -4.34. The van der Waals surface area contributed by atoms with Gasteiger partial charge < -0.3 is 31.9 Å². The number of phenolic OH excluding ortho intramolecular Hbond substituents is 2. The molecule has 0 saturated heterocycles. The molecule has 0 atom stereocenters. The van der Waals surface area contributed by atoms with Gasteiger partial charge in [0.05, 0.1) is 0 Å². The minimum atomic E-state index is -1.26. The number of rotatable bonds is 4. The summed E-state index contributed by atoms with van der Waals surface area (Å²) in [5.41, 5.74) is 10.7. The van der Waals surface area contributed by atoms with Crippen molar-refractivity contribution >= 4 is 23.8 Å². The predicted molar refractivity (Wildman–Crippen MR) is 97.7 cm³/mol. The molecular formula is C18H18N2O8. The molecule has 0 aliphatic rings. The Morgan fingerprint density at radius 3 is 1.04 bits per heavy atom. The van der Waals surface area contributed by atoms with E-state index >= 15 is 0 Å². The van der Waals surface area contributed by atoms with Gasteiger partial charge in [0.1, 0.15) is 11.5 Å². The highest BCUT2D eigenvalue weighted by molar-refractivity contribution is 5.93. The molecule has 10 nitrogen and oxygen atoms in total. The van der Waals surface area contributed by atoms with Gasteiger partial charge in [-0.25, -0.2) is 9.59 Å². The second kappa shape index (κ2) is 12.1. The van der Waals surface area contributed by atoms with Gasteiger partial charge >= 0.3 is 11.9 Å². The molecule has 0 unspecified atom stereocenters. The molecule has 0 spiro atoms. The average molecular weight is 390 g/mol. The molecule has 0 bridgehead atoms. The number of aromatic hydroxyl groups is 2. The van der Waals surface area contributed by atoms with Crippen molar-refractivity contribution in [2.24, 2.45) is 11.5 Å². The molecule has 2 rings (SSSR count). The van der Waals surface area contributed by atoms with Crippen LogP contribution >= 0.6 is 0 Å². The predicted octanol–water partition coefficient (Wildman–Crippen LogP) is 0.694. The Bertz CT molecular complexity index is 771. The minimum Gasteiger partial charge on any atom is -0.508 e. The second-order valence-corrected chi connectivity index (χ2v) is 4.83. The van der Waals surface area contributed by atoms with Gasteiger partial charge in [-0.05, 0) is 48.5 Å². The van der Waals surface area contributed by atoms with Crippen LogP contribution in [0.4, 0.5) is 0 Å². The van der Waals surface area contributed by atoms with Crippen LogP contribution in [0.15, 0.2) is 60.7 Å². The number of hydrogen-bond donors (Lipinski definition) is 6. The van der Waals surface area contributed by atoms with E-state index in [-0.39, 0.29) is 11.5 Å². The van der Waals surface area contributed by atoms with Gasteiger partial charge in [-0.1, -0.05) is 0 Å². The summed E-state index contributed by atoms with van der Waals surface area (Å²) in [5, 5.41) is 33.2. The first-order valence-corrected chi connectivity index (χ1v) is 7.34. The fraction of sp³-hybridized carbons (Fsp3) is 0. The Morgan fingerprint density at radius 2 is 0.857 bits per heavy atom. The largest absolute Gasteiger partial charge is 0.508 e. The highest BCUT2D eigenvalue weighted by Gasteiger charge is 1.97. The van der Waals surface area contributed by atoms with Crippen LogP contribution in [0.5, 0.6) is 11.5 Å². The molecule has 8 N–H and O–H groups in total. The molecule has 2 aromatic carbocycles. The molecule has 0 saturated carbocycles. The summed E-state index contributed by atoms with van der Waals surface area (Å²) >= 11 is 0. The van der Waals surface area contributed by atoms with Gasteiger partial charge in [-0.3, -0.25) is 9.59 Å². The van der Waals surface area contributed by atoms with E-state index in [4.69, 9.17) is 31.9 Å². The topological polar surface area (TPSA) is 201 Å². The van der Waals surface area contributed by atoms with Crippen LogP contribution in [0.3, 0.4) is 0 Å². The number of hydrogen-bond acceptors (Lipinski definition) is 6. The summed E-state index contributed by atoms with van der Waals surface area (Å²) in [4.78, 5) is 40.0. The average Bonchev–Trinajstić information content (AvgIpc) is 2.62. The van der Waals surface area contributed by atoms with Gasteiger partial charge in [-0.2, -0.15) is 0 Å². The molecule has 28 heavy (non-hydrogen) atoms. The maximum Gasteiger partial charge on any atom is 0.328 e. The van der Waals surface area contributed by atoms with Crippen LogP contribution in [0.2, 0.25) is 0 Å². The van der Waals surface area contributed by atoms with Crippen molar-refractivity contribution in [2.45, 2.75) is 0 Å². The lowest BCUT2D eigenvalue weighted by Gasteiger charge is -1.93. The minimum absolute atomic E-state index is 0.130. The molecule has 0 heterocycles. The number of nitrogens with two attached hydrogens (primary N) is 2. The van der Waals surface area contributed by atoms with Crippen LogP contribution in [0.1, 0.15) is 20.7 Å². The van der Waals surface area contributed by atoms with Crippen molar-refractivity contribution in [3.8, 4) is 11.5 Å². The first-order chi connectivity index (χ1) is 13.0. The highest BCUT2D eigenvalue weighted by atomic mass is 16.4. The van der Waals surface area contributed by atoms with E-state index in [1.165, 1.54) is 48.5 Å². The zero-order chi connectivity index (χ0) is 21.7. The number of phenols is 2. The number of carbonyl (C=O) groups excluding carboxylic acids is 2. The number of benzene rings is 2. The highest BCUT2D eigenvalue weighted by Crippen LogP contribution is 2.09. The third-order valence-corrected chi connectivity index (χ3v) is 2.67. The molecule has 2 aromatic rings. The van der Waals surface area contributed by atoms with Crippen molar-refractivity contribution < 1.29 is 39.6 Å². The number of carboxylic acids is 2. The summed E-state index contributed by atoms with van der Waals surface area (Å²) in [6, 6.07) is 11.5. The lowest BCUT2D eigenvalue weighted by atomic mass is 10.2. The van der Waals surface area contributed by atoms with Gasteiger partial charge in [0.2, 0.25) is 11.8 Å². The zero-order valence-corrected chi connectivity index (χ0v) is 14.4. The van der Waals surface area contributed by atoms with Crippen LogP contribution in [0.25, 0.3) is 0 Å². The van der Waals surface area contributed by atoms with Crippen molar-refractivity contribution in [3.05, 3.63) is 71.8 Å². The maximum absolute atomic E-state index is 10.5. The molecule has 0 aliphatic carbocycles. The van der Waals surface area contributed by atoms with E-state index in [1.54, 1.807) is 0 Å². The zero-order valence-electron chi connectivity index (χ0n) is 14.4. The van der Waals surface area contributed by atoms with Gasteiger partial charge in [0.15, 0.2) is 0 Å². The SMILES string of the molecule is NC(=O)c1ccc(O)cc1.NC(=O)c1ccc(O)cc1.O=C(O)/C=C/C(=O)O. The van der Waals surface area contributed by atoms with Crippen molar-refractivity contribution in [1.29, 1.82) is 0 Å². The fourth-order valence-electron chi connectivity index (χ4n) is 1.39. The lowest BCUT2D eigenvalue weighted by Crippen LogP contribution is -2.10. The van der Waals surface area contributed by atoms with E-state index in [2.05, 4.69) is 0 Å². The number of amides is 2. The van der Waals surface area contributed by atoms with Crippen LogP contribution in [-0.2, 0) is 9.59 Å². The van der Waals surface area contributed by atoms with Crippen molar-refractivity contribution in [1.82, 2.24) is 0 Å². The summed E-state index contributed by atoms with van der Waals surface area (Å²) in [6.45, 7) is 0. The monoisotopic (exact) mass is 390 g/mol. The van der Waals surface area contributed by atoms with Gasteiger partial charge in [0, 0.05) is 23.3 Å². The Kier molecular flexibility index (Phi) is 10.2. The molecule has 0 aromatic heterocycles. The Labute approximate surface area is 159 Å². The van der Waals surface area contributed by atoms with E-state index in [9.17, 15) is 19.2 Å². The number of aliphatic carboxylic acids is 2. The molecule has 148 valence electrons. The molecule has 0 radical (unpaired) electrons. The summed E-state index contributed by atoms with van der Waals surface area (Å²) in [5.74, 6) is -3.23. The van der Waals surface area contributed by atoms with Gasteiger partial charge in [-0.15, -0.1) is 0 Å². The van der Waals surface area contributed by atoms with Crippen LogP contribution < -0.4 is 11.5 Å². The molecular weight excluding hydrogens is 372 g/mol. The smallest absolute Gasteiger partial charge is 0.328 e. The maximum atomic E-state index is 10.5. The molecule has 2 amide bonds. The third kappa shape index (κ3) is 11.3. The first kappa shape index (κ1) is 23.7. The van der Waals surface area contributed by atoms with E-state index in [0.717, 1.165) is 0 Å². The summed E-state index contributed by atoms with van der Waals surface area (Å²) < 4.78 is 0. The standard InChI is InChI=1S/2C7H7NO2.C4H4O4/c2*8-7(10)5-1-3-6(9)4-2-5;5-3(6)1-2-4(7)8/h2*1-4,9H,(H2,8,10);1-2H,(H,5,6)(H,7,8)/b;;2-1+. The number of primary amides is 2. The quantitative estimate of drug-likeness (QED) is 0.409. The normalized spacial score (nSPS) is 9.29. The second-order valence-electron chi connectivity index (χ2n) is 4.83. The fourth-order valence-corrected chi connectivity index (χ4v) is 1.39. The summed E-state index contributed by atoms with van der Waals surface area (Å²) in [6.07, 6.45) is 1.12. The van der Waals surface area contributed by atoms with Crippen molar-refractivity contribution in [2.75, 3.05) is 0 Å². The molecule has 10 heteroatoms. The summed E-state index contributed by atoms with van der Waals surface area (Å²) in [7, 11) is 0. The third-order valence-electron chi connectivity index (χ3n) is 2.67. The van der Waals surface area contributed by atoms with Crippen LogP contribution in [-0.4, -0.2) is 44.2 Å². The number of carboxylic acid groups (broad SMARTS) is 2. The van der Waals surface area contributed by atoms with Crippen LogP contribution in [0, 0.1) is 0 Å². The Balaban J connectivity index is 0.000000394. The Morgan fingerprint density at radius 1 is 0.607 bits per heavy atom. The molecule has 0 aliphatic heterocycles. The van der Waals surface area contributed by atoms with Crippen molar-refractivity contribution in [3.63, 3.8) is 0 Å². The van der Waals surface area contributed by atoms with E-state index in [1.807, 2.05) is 0 Å². The lowest BCUT2D eigenvalue weighted by molar-refractivity contribution is -0.134. The van der Waals surface area contributed by atoms with E-state index in [0.29, 0.717) is 23.3 Å². The number of carbonyl (C=O) groups is 4. The van der Waals surface area contributed by atoms with E-state index < -0.39 is 23.8 Å². The van der Waals surface area contributed by atoms with Gasteiger partial charge in [0.25, 0.3) is 0 Å².